The number of ether oxygens (including phenoxy) is 2. The lowest BCUT2D eigenvalue weighted by Gasteiger charge is -2.08. The highest BCUT2D eigenvalue weighted by Gasteiger charge is 2.06. The molecule has 0 aromatic heterocycles. The third kappa shape index (κ3) is 3.59. The molecular weight excluding hydrogens is 298 g/mol. The highest BCUT2D eigenvalue weighted by Crippen LogP contribution is 2.28. The molecule has 3 aromatic carbocycles. The summed E-state index contributed by atoms with van der Waals surface area (Å²) >= 11 is 0. The van der Waals surface area contributed by atoms with Crippen molar-refractivity contribution in [2.24, 2.45) is 0 Å². The average Bonchev–Trinajstić information content (AvgIpc) is 2.55. The topological polar surface area (TPSA) is 18.5 Å². The molecule has 0 N–H and O–H groups in total. The molecule has 0 fully saturated rings. The van der Waals surface area contributed by atoms with Gasteiger partial charge in [0, 0.05) is 0 Å². The highest BCUT2D eigenvalue weighted by atomic mass is 19.3. The number of halogens is 2. The average molecular weight is 314 g/mol. The number of rotatable bonds is 5. The summed E-state index contributed by atoms with van der Waals surface area (Å²) in [5.74, 6) is 1.01. The third-order valence-corrected chi connectivity index (χ3v) is 3.54. The van der Waals surface area contributed by atoms with E-state index in [1.165, 1.54) is 0 Å². The lowest BCUT2D eigenvalue weighted by atomic mass is 10.0. The predicted molar refractivity (Wildman–Crippen MR) is 87.2 cm³/mol. The van der Waals surface area contributed by atoms with Crippen LogP contribution in [0.3, 0.4) is 0 Å². The Morgan fingerprint density at radius 1 is 0.783 bits per heavy atom. The van der Waals surface area contributed by atoms with Crippen molar-refractivity contribution in [2.45, 2.75) is 13.5 Å². The molecule has 3 rings (SSSR count). The van der Waals surface area contributed by atoms with E-state index in [2.05, 4.69) is 4.74 Å². The standard InChI is InChI=1S/C19H16F2O2/c1-2-22-17-8-5-13(6-9-17)14-3-4-16-12-18(23-19(20)21)10-7-15(16)11-14/h3-12,19H,2H2,1H3. The second-order valence-corrected chi connectivity index (χ2v) is 5.06. The van der Waals surface area contributed by atoms with Gasteiger partial charge in [0.15, 0.2) is 0 Å². The Morgan fingerprint density at radius 2 is 1.39 bits per heavy atom. The first-order valence-electron chi connectivity index (χ1n) is 7.37. The van der Waals surface area contributed by atoms with Crippen LogP contribution in [0.4, 0.5) is 8.78 Å². The molecular formula is C19H16F2O2. The smallest absolute Gasteiger partial charge is 0.387 e. The molecule has 0 unspecified atom stereocenters. The Balaban J connectivity index is 1.90. The van der Waals surface area contributed by atoms with Crippen LogP contribution in [0.15, 0.2) is 60.7 Å². The van der Waals surface area contributed by atoms with Gasteiger partial charge in [0.25, 0.3) is 0 Å². The summed E-state index contributed by atoms with van der Waals surface area (Å²) in [5.41, 5.74) is 2.13. The van der Waals surface area contributed by atoms with Crippen LogP contribution in [0.2, 0.25) is 0 Å². The maximum Gasteiger partial charge on any atom is 0.387 e. The van der Waals surface area contributed by atoms with E-state index in [0.717, 1.165) is 27.6 Å². The Hall–Kier alpha value is -2.62. The lowest BCUT2D eigenvalue weighted by molar-refractivity contribution is -0.0497. The maximum atomic E-state index is 12.3. The fraction of sp³-hybridized carbons (Fsp3) is 0.158. The van der Waals surface area contributed by atoms with E-state index >= 15 is 0 Å². The summed E-state index contributed by atoms with van der Waals surface area (Å²) in [7, 11) is 0. The zero-order chi connectivity index (χ0) is 16.2. The first kappa shape index (κ1) is 15.3. The van der Waals surface area contributed by atoms with Gasteiger partial charge < -0.3 is 9.47 Å². The molecule has 0 spiro atoms. The molecule has 0 saturated heterocycles. The summed E-state index contributed by atoms with van der Waals surface area (Å²) in [5, 5.41) is 1.83. The van der Waals surface area contributed by atoms with Gasteiger partial charge in [0.1, 0.15) is 11.5 Å². The van der Waals surface area contributed by atoms with Crippen LogP contribution in [0.1, 0.15) is 6.92 Å². The van der Waals surface area contributed by atoms with E-state index in [1.54, 1.807) is 18.2 Å². The van der Waals surface area contributed by atoms with Crippen molar-refractivity contribution in [1.29, 1.82) is 0 Å². The molecule has 0 aliphatic heterocycles. The van der Waals surface area contributed by atoms with Crippen LogP contribution in [0.25, 0.3) is 21.9 Å². The summed E-state index contributed by atoms with van der Waals surface area (Å²) in [4.78, 5) is 0. The first-order valence-corrected chi connectivity index (χ1v) is 7.37. The van der Waals surface area contributed by atoms with Gasteiger partial charge in [-0.25, -0.2) is 0 Å². The Bertz CT molecular complexity index is 798. The minimum atomic E-state index is -2.81. The van der Waals surface area contributed by atoms with Crippen molar-refractivity contribution in [3.63, 3.8) is 0 Å². The number of fused-ring (bicyclic) bond motifs is 1. The monoisotopic (exact) mass is 314 g/mol. The van der Waals surface area contributed by atoms with Crippen molar-refractivity contribution in [2.75, 3.05) is 6.61 Å². The van der Waals surface area contributed by atoms with Crippen molar-refractivity contribution in [3.8, 4) is 22.6 Å². The summed E-state index contributed by atoms with van der Waals surface area (Å²) in [6.07, 6.45) is 0. The van der Waals surface area contributed by atoms with Crippen LogP contribution in [0, 0.1) is 0 Å². The van der Waals surface area contributed by atoms with Crippen molar-refractivity contribution < 1.29 is 18.3 Å². The molecule has 0 aliphatic rings. The van der Waals surface area contributed by atoms with E-state index in [0.29, 0.717) is 6.61 Å². The molecule has 0 bridgehead atoms. The molecule has 118 valence electrons. The first-order chi connectivity index (χ1) is 11.2. The third-order valence-electron chi connectivity index (χ3n) is 3.54. The van der Waals surface area contributed by atoms with Gasteiger partial charge in [-0.15, -0.1) is 0 Å². The fourth-order valence-corrected chi connectivity index (χ4v) is 2.49. The molecule has 4 heteroatoms. The minimum Gasteiger partial charge on any atom is -0.494 e. The van der Waals surface area contributed by atoms with Crippen LogP contribution in [0.5, 0.6) is 11.5 Å². The maximum absolute atomic E-state index is 12.3. The quantitative estimate of drug-likeness (QED) is 0.618. The van der Waals surface area contributed by atoms with E-state index in [-0.39, 0.29) is 5.75 Å². The van der Waals surface area contributed by atoms with Gasteiger partial charge in [-0.3, -0.25) is 0 Å². The Labute approximate surface area is 133 Å². The summed E-state index contributed by atoms with van der Waals surface area (Å²) in [6.45, 7) is -0.225. The molecule has 3 aromatic rings. The number of benzene rings is 3. The van der Waals surface area contributed by atoms with Gasteiger partial charge in [-0.2, -0.15) is 8.78 Å². The minimum absolute atomic E-state index is 0.168. The zero-order valence-electron chi connectivity index (χ0n) is 12.6. The second-order valence-electron chi connectivity index (χ2n) is 5.06. The molecule has 0 heterocycles. The number of alkyl halides is 2. The molecule has 0 saturated carbocycles. The van der Waals surface area contributed by atoms with Gasteiger partial charge >= 0.3 is 6.61 Å². The van der Waals surface area contributed by atoms with Gasteiger partial charge in [0.05, 0.1) is 6.61 Å². The van der Waals surface area contributed by atoms with E-state index in [1.807, 2.05) is 49.4 Å². The molecule has 0 atom stereocenters. The molecule has 2 nitrogen and oxygen atoms in total. The van der Waals surface area contributed by atoms with Crippen LogP contribution < -0.4 is 9.47 Å². The van der Waals surface area contributed by atoms with Crippen LogP contribution >= 0.6 is 0 Å². The Morgan fingerprint density at radius 3 is 2.09 bits per heavy atom. The summed E-state index contributed by atoms with van der Waals surface area (Å²) < 4.78 is 34.4. The predicted octanol–water partition coefficient (Wildman–Crippen LogP) is 5.51. The molecule has 23 heavy (non-hydrogen) atoms. The SMILES string of the molecule is CCOc1ccc(-c2ccc3cc(OC(F)F)ccc3c2)cc1. The summed E-state index contributed by atoms with van der Waals surface area (Å²) in [6, 6.07) is 18.7. The van der Waals surface area contributed by atoms with E-state index in [9.17, 15) is 8.78 Å². The fourth-order valence-electron chi connectivity index (χ4n) is 2.49. The van der Waals surface area contributed by atoms with E-state index < -0.39 is 6.61 Å². The largest absolute Gasteiger partial charge is 0.494 e. The lowest BCUT2D eigenvalue weighted by Crippen LogP contribution is -2.01. The Kier molecular flexibility index (Phi) is 4.42. The van der Waals surface area contributed by atoms with Crippen LogP contribution in [-0.4, -0.2) is 13.2 Å². The van der Waals surface area contributed by atoms with E-state index in [4.69, 9.17) is 4.74 Å². The zero-order valence-corrected chi connectivity index (χ0v) is 12.6. The molecule has 0 amide bonds. The van der Waals surface area contributed by atoms with Crippen LogP contribution in [-0.2, 0) is 0 Å². The van der Waals surface area contributed by atoms with Crippen molar-refractivity contribution >= 4 is 10.8 Å². The number of hydrogen-bond donors (Lipinski definition) is 0. The van der Waals surface area contributed by atoms with Gasteiger partial charge in [0.2, 0.25) is 0 Å². The number of hydrogen-bond acceptors (Lipinski definition) is 2. The van der Waals surface area contributed by atoms with Gasteiger partial charge in [-0.1, -0.05) is 30.3 Å². The van der Waals surface area contributed by atoms with Crippen molar-refractivity contribution in [1.82, 2.24) is 0 Å². The van der Waals surface area contributed by atoms with Crippen molar-refractivity contribution in [3.05, 3.63) is 60.7 Å². The van der Waals surface area contributed by atoms with Gasteiger partial charge in [-0.05, 0) is 59.2 Å². The highest BCUT2D eigenvalue weighted by molar-refractivity contribution is 5.88. The molecule has 0 radical (unpaired) electrons. The molecule has 0 aliphatic carbocycles. The normalized spacial score (nSPS) is 11.0. The second kappa shape index (κ2) is 6.65.